The summed E-state index contributed by atoms with van der Waals surface area (Å²) in [5, 5.41) is 4.13. The zero-order valence-electron chi connectivity index (χ0n) is 10.8. The summed E-state index contributed by atoms with van der Waals surface area (Å²) >= 11 is 6.08. The number of anilines is 1. The Morgan fingerprint density at radius 1 is 1.17 bits per heavy atom. The first kappa shape index (κ1) is 12.2. The van der Waals surface area contributed by atoms with Gasteiger partial charge in [-0.25, -0.2) is 9.97 Å². The molecular weight excluding hydrogens is 246 g/mol. The summed E-state index contributed by atoms with van der Waals surface area (Å²) in [5.74, 6) is 3.11. The molecular formula is C14H20ClN3. The topological polar surface area (TPSA) is 37.8 Å². The molecule has 18 heavy (non-hydrogen) atoms. The van der Waals surface area contributed by atoms with E-state index in [0.29, 0.717) is 17.1 Å². The highest BCUT2D eigenvalue weighted by Crippen LogP contribution is 2.39. The van der Waals surface area contributed by atoms with Gasteiger partial charge in [-0.05, 0) is 31.6 Å². The first-order valence-corrected chi connectivity index (χ1v) is 7.41. The molecule has 0 aliphatic heterocycles. The fraction of sp³-hybridized carbons (Fsp3) is 0.714. The molecule has 1 aromatic rings. The SMILES string of the molecule is CC1CCCCC1Nc1cc(Cl)nc(C2CC2)n1. The second-order valence-electron chi connectivity index (χ2n) is 5.72. The van der Waals surface area contributed by atoms with Crippen LogP contribution in [0.3, 0.4) is 0 Å². The summed E-state index contributed by atoms with van der Waals surface area (Å²) < 4.78 is 0. The highest BCUT2D eigenvalue weighted by atomic mass is 35.5. The normalized spacial score (nSPS) is 28.1. The molecule has 2 saturated carbocycles. The van der Waals surface area contributed by atoms with Crippen LogP contribution in [0.25, 0.3) is 0 Å². The predicted molar refractivity (Wildman–Crippen MR) is 74.1 cm³/mol. The van der Waals surface area contributed by atoms with E-state index in [2.05, 4.69) is 22.2 Å². The highest BCUT2D eigenvalue weighted by molar-refractivity contribution is 6.29. The number of halogens is 1. The summed E-state index contributed by atoms with van der Waals surface area (Å²) in [6, 6.07) is 2.39. The van der Waals surface area contributed by atoms with Crippen LogP contribution in [0.15, 0.2) is 6.07 Å². The van der Waals surface area contributed by atoms with Crippen molar-refractivity contribution in [2.75, 3.05) is 5.32 Å². The molecule has 0 amide bonds. The Bertz CT molecular complexity index is 431. The van der Waals surface area contributed by atoms with Crippen LogP contribution in [0.2, 0.25) is 5.15 Å². The largest absolute Gasteiger partial charge is 0.367 e. The molecule has 1 aromatic heterocycles. The Morgan fingerprint density at radius 2 is 1.94 bits per heavy atom. The van der Waals surface area contributed by atoms with Gasteiger partial charge in [-0.3, -0.25) is 0 Å². The molecule has 1 heterocycles. The third-order valence-corrected chi connectivity index (χ3v) is 4.29. The smallest absolute Gasteiger partial charge is 0.135 e. The Morgan fingerprint density at radius 3 is 2.67 bits per heavy atom. The van der Waals surface area contributed by atoms with Crippen molar-refractivity contribution < 1.29 is 0 Å². The van der Waals surface area contributed by atoms with Crippen molar-refractivity contribution in [1.29, 1.82) is 0 Å². The van der Waals surface area contributed by atoms with E-state index in [1.165, 1.54) is 38.5 Å². The maximum atomic E-state index is 6.08. The Balaban J connectivity index is 1.74. The van der Waals surface area contributed by atoms with Gasteiger partial charge in [0.2, 0.25) is 0 Å². The van der Waals surface area contributed by atoms with Gasteiger partial charge in [0.1, 0.15) is 16.8 Å². The maximum absolute atomic E-state index is 6.08. The fourth-order valence-corrected chi connectivity index (χ4v) is 2.94. The van der Waals surface area contributed by atoms with Gasteiger partial charge < -0.3 is 5.32 Å². The molecule has 2 aliphatic carbocycles. The van der Waals surface area contributed by atoms with Crippen LogP contribution < -0.4 is 5.32 Å². The number of aromatic nitrogens is 2. The van der Waals surface area contributed by atoms with E-state index in [1.54, 1.807) is 0 Å². The molecule has 98 valence electrons. The lowest BCUT2D eigenvalue weighted by Crippen LogP contribution is -2.30. The van der Waals surface area contributed by atoms with Crippen molar-refractivity contribution in [2.45, 2.75) is 57.4 Å². The van der Waals surface area contributed by atoms with Gasteiger partial charge in [-0.1, -0.05) is 31.4 Å². The van der Waals surface area contributed by atoms with E-state index in [0.717, 1.165) is 17.6 Å². The lowest BCUT2D eigenvalue weighted by Gasteiger charge is -2.30. The van der Waals surface area contributed by atoms with Gasteiger partial charge in [-0.2, -0.15) is 0 Å². The summed E-state index contributed by atoms with van der Waals surface area (Å²) in [5.41, 5.74) is 0. The number of nitrogens with one attached hydrogen (secondary N) is 1. The summed E-state index contributed by atoms with van der Waals surface area (Å²) in [6.45, 7) is 2.32. The van der Waals surface area contributed by atoms with Gasteiger partial charge in [0.15, 0.2) is 0 Å². The first-order valence-electron chi connectivity index (χ1n) is 7.03. The second-order valence-corrected chi connectivity index (χ2v) is 6.11. The minimum Gasteiger partial charge on any atom is -0.367 e. The molecule has 3 rings (SSSR count). The average molecular weight is 266 g/mol. The number of hydrogen-bond acceptors (Lipinski definition) is 3. The van der Waals surface area contributed by atoms with Crippen molar-refractivity contribution in [1.82, 2.24) is 9.97 Å². The maximum Gasteiger partial charge on any atom is 0.135 e. The van der Waals surface area contributed by atoms with Crippen LogP contribution >= 0.6 is 11.6 Å². The quantitative estimate of drug-likeness (QED) is 0.840. The van der Waals surface area contributed by atoms with Crippen LogP contribution in [0, 0.1) is 5.92 Å². The van der Waals surface area contributed by atoms with E-state index in [4.69, 9.17) is 11.6 Å². The predicted octanol–water partition coefficient (Wildman–Crippen LogP) is 4.00. The Kier molecular flexibility index (Phi) is 3.42. The first-order chi connectivity index (χ1) is 8.72. The van der Waals surface area contributed by atoms with E-state index in [1.807, 2.05) is 6.07 Å². The molecule has 2 atom stereocenters. The molecule has 2 unspecified atom stereocenters. The second kappa shape index (κ2) is 5.04. The molecule has 1 N–H and O–H groups in total. The Labute approximate surface area is 113 Å². The molecule has 2 aliphatic rings. The van der Waals surface area contributed by atoms with Crippen molar-refractivity contribution in [3.8, 4) is 0 Å². The number of hydrogen-bond donors (Lipinski definition) is 1. The van der Waals surface area contributed by atoms with Crippen molar-refractivity contribution in [2.24, 2.45) is 5.92 Å². The van der Waals surface area contributed by atoms with Gasteiger partial charge in [0, 0.05) is 18.0 Å². The van der Waals surface area contributed by atoms with Gasteiger partial charge in [0.05, 0.1) is 0 Å². The van der Waals surface area contributed by atoms with E-state index >= 15 is 0 Å². The van der Waals surface area contributed by atoms with E-state index in [9.17, 15) is 0 Å². The minimum atomic E-state index is 0.539. The van der Waals surface area contributed by atoms with Gasteiger partial charge >= 0.3 is 0 Å². The lowest BCUT2D eigenvalue weighted by atomic mass is 9.86. The molecule has 0 aromatic carbocycles. The summed E-state index contributed by atoms with van der Waals surface area (Å²) in [7, 11) is 0. The third-order valence-electron chi connectivity index (χ3n) is 4.10. The summed E-state index contributed by atoms with van der Waals surface area (Å²) in [4.78, 5) is 8.94. The zero-order chi connectivity index (χ0) is 12.5. The van der Waals surface area contributed by atoms with Crippen LogP contribution in [0.1, 0.15) is 57.2 Å². The minimum absolute atomic E-state index is 0.539. The van der Waals surface area contributed by atoms with Crippen LogP contribution in [-0.4, -0.2) is 16.0 Å². The molecule has 0 saturated heterocycles. The monoisotopic (exact) mass is 265 g/mol. The number of nitrogens with zero attached hydrogens (tertiary/aromatic N) is 2. The Hall–Kier alpha value is -0.830. The van der Waals surface area contributed by atoms with Gasteiger partial charge in [-0.15, -0.1) is 0 Å². The average Bonchev–Trinajstić information content (AvgIpc) is 3.15. The van der Waals surface area contributed by atoms with Crippen LogP contribution in [0.5, 0.6) is 0 Å². The van der Waals surface area contributed by atoms with Crippen molar-refractivity contribution >= 4 is 17.4 Å². The van der Waals surface area contributed by atoms with Gasteiger partial charge in [0.25, 0.3) is 0 Å². The molecule has 3 nitrogen and oxygen atoms in total. The van der Waals surface area contributed by atoms with Crippen molar-refractivity contribution in [3.63, 3.8) is 0 Å². The summed E-state index contributed by atoms with van der Waals surface area (Å²) in [6.07, 6.45) is 7.64. The number of rotatable bonds is 3. The molecule has 0 bridgehead atoms. The molecule has 0 spiro atoms. The third kappa shape index (κ3) is 2.77. The molecule has 4 heteroatoms. The standard InChI is InChI=1S/C14H20ClN3/c1-9-4-2-3-5-11(9)16-13-8-12(15)17-14(18-13)10-6-7-10/h8-11H,2-7H2,1H3,(H,16,17,18). The van der Waals surface area contributed by atoms with Crippen LogP contribution in [-0.2, 0) is 0 Å². The molecule has 0 radical (unpaired) electrons. The van der Waals surface area contributed by atoms with Crippen molar-refractivity contribution in [3.05, 3.63) is 17.0 Å². The highest BCUT2D eigenvalue weighted by Gasteiger charge is 2.28. The fourth-order valence-electron chi connectivity index (χ4n) is 2.75. The molecule has 2 fully saturated rings. The lowest BCUT2D eigenvalue weighted by molar-refractivity contribution is 0.349. The zero-order valence-corrected chi connectivity index (χ0v) is 11.6. The van der Waals surface area contributed by atoms with E-state index in [-0.39, 0.29) is 0 Å². The van der Waals surface area contributed by atoms with E-state index < -0.39 is 0 Å². The van der Waals surface area contributed by atoms with Crippen LogP contribution in [0.4, 0.5) is 5.82 Å².